The summed E-state index contributed by atoms with van der Waals surface area (Å²) in [5, 5.41) is 3.29. The van der Waals surface area contributed by atoms with E-state index in [1.807, 2.05) is 6.07 Å². The van der Waals surface area contributed by atoms with E-state index in [0.717, 1.165) is 11.8 Å². The smallest absolute Gasteiger partial charge is 0.220 e. The second kappa shape index (κ2) is 4.03. The van der Waals surface area contributed by atoms with Crippen LogP contribution in [0.1, 0.15) is 28.3 Å². The van der Waals surface area contributed by atoms with Crippen molar-refractivity contribution in [2.75, 3.05) is 6.54 Å². The Morgan fingerprint density at radius 1 is 1.47 bits per heavy atom. The number of aldehydes is 1. The predicted octanol–water partition coefficient (Wildman–Crippen LogP) is 1.76. The fourth-order valence-electron chi connectivity index (χ4n) is 1.84. The molecule has 1 aliphatic heterocycles. The van der Waals surface area contributed by atoms with Gasteiger partial charge in [0.15, 0.2) is 0 Å². The lowest BCUT2D eigenvalue weighted by Crippen LogP contribution is -2.13. The van der Waals surface area contributed by atoms with Crippen LogP contribution in [-0.4, -0.2) is 18.7 Å². The van der Waals surface area contributed by atoms with Gasteiger partial charge in [-0.3, -0.25) is 9.59 Å². The summed E-state index contributed by atoms with van der Waals surface area (Å²) in [6.45, 7) is 0.599. The zero-order chi connectivity index (χ0) is 10.8. The number of hydrogen-bond acceptors (Lipinski definition) is 2. The van der Waals surface area contributed by atoms with E-state index >= 15 is 0 Å². The average Bonchev–Trinajstić information content (AvgIpc) is 2.64. The molecule has 78 valence electrons. The van der Waals surface area contributed by atoms with Crippen LogP contribution in [0.4, 0.5) is 0 Å². The van der Waals surface area contributed by atoms with Crippen molar-refractivity contribution >= 4 is 23.8 Å². The Kier molecular flexibility index (Phi) is 2.73. The molecule has 0 aromatic heterocycles. The number of benzene rings is 1. The lowest BCUT2D eigenvalue weighted by atomic mass is 9.94. The van der Waals surface area contributed by atoms with Crippen LogP contribution in [0.25, 0.3) is 0 Å². The van der Waals surface area contributed by atoms with E-state index in [1.165, 1.54) is 0 Å². The Balaban J connectivity index is 2.35. The Hall–Kier alpha value is -1.35. The molecule has 1 amide bonds. The Morgan fingerprint density at radius 3 is 2.87 bits per heavy atom. The monoisotopic (exact) mass is 223 g/mol. The zero-order valence-electron chi connectivity index (χ0n) is 8.00. The van der Waals surface area contributed by atoms with Gasteiger partial charge in [0, 0.05) is 29.5 Å². The van der Waals surface area contributed by atoms with Crippen molar-refractivity contribution in [2.24, 2.45) is 0 Å². The van der Waals surface area contributed by atoms with Gasteiger partial charge in [0.05, 0.1) is 0 Å². The fourth-order valence-corrected chi connectivity index (χ4v) is 2.03. The minimum absolute atomic E-state index is 0.0341. The van der Waals surface area contributed by atoms with E-state index in [0.29, 0.717) is 23.6 Å². The number of halogens is 1. The molecule has 1 aromatic rings. The summed E-state index contributed by atoms with van der Waals surface area (Å²) < 4.78 is 0. The molecule has 1 fully saturated rings. The molecule has 0 saturated carbocycles. The standard InChI is InChI=1S/C11H10ClNO2/c12-9-1-2-10(8(3-9)6-14)7-4-11(15)13-5-7/h1-3,6-7H,4-5H2,(H,13,15)/t7-/m1/s1. The molecule has 1 heterocycles. The first kappa shape index (κ1) is 10.2. The molecule has 4 heteroatoms. The highest BCUT2D eigenvalue weighted by Gasteiger charge is 2.24. The third-order valence-corrected chi connectivity index (χ3v) is 2.83. The normalized spacial score (nSPS) is 20.1. The van der Waals surface area contributed by atoms with Crippen LogP contribution in [0.5, 0.6) is 0 Å². The van der Waals surface area contributed by atoms with E-state index in [-0.39, 0.29) is 11.8 Å². The molecule has 2 rings (SSSR count). The summed E-state index contributed by atoms with van der Waals surface area (Å²) in [7, 11) is 0. The maximum Gasteiger partial charge on any atom is 0.220 e. The van der Waals surface area contributed by atoms with Crippen LogP contribution in [0.3, 0.4) is 0 Å². The van der Waals surface area contributed by atoms with E-state index in [9.17, 15) is 9.59 Å². The number of hydrogen-bond donors (Lipinski definition) is 1. The van der Waals surface area contributed by atoms with Crippen molar-refractivity contribution in [3.8, 4) is 0 Å². The maximum atomic E-state index is 11.1. The van der Waals surface area contributed by atoms with E-state index < -0.39 is 0 Å². The van der Waals surface area contributed by atoms with Crippen molar-refractivity contribution in [1.29, 1.82) is 0 Å². The Morgan fingerprint density at radius 2 is 2.27 bits per heavy atom. The summed E-state index contributed by atoms with van der Waals surface area (Å²) in [6.07, 6.45) is 1.23. The zero-order valence-corrected chi connectivity index (χ0v) is 8.75. The highest BCUT2D eigenvalue weighted by Crippen LogP contribution is 2.27. The van der Waals surface area contributed by atoms with Gasteiger partial charge in [-0.15, -0.1) is 0 Å². The van der Waals surface area contributed by atoms with Gasteiger partial charge >= 0.3 is 0 Å². The Labute approximate surface area is 92.4 Å². The van der Waals surface area contributed by atoms with E-state index in [4.69, 9.17) is 11.6 Å². The topological polar surface area (TPSA) is 46.2 Å². The van der Waals surface area contributed by atoms with Gasteiger partial charge in [-0.25, -0.2) is 0 Å². The van der Waals surface area contributed by atoms with E-state index in [1.54, 1.807) is 12.1 Å². The van der Waals surface area contributed by atoms with Crippen molar-refractivity contribution in [2.45, 2.75) is 12.3 Å². The molecule has 0 spiro atoms. The SMILES string of the molecule is O=Cc1cc(Cl)ccc1[C@H]1CNC(=O)C1. The minimum atomic E-state index is 0.0341. The fraction of sp³-hybridized carbons (Fsp3) is 0.273. The molecule has 3 nitrogen and oxygen atoms in total. The number of rotatable bonds is 2. The van der Waals surface area contributed by atoms with Crippen LogP contribution in [0.15, 0.2) is 18.2 Å². The molecular weight excluding hydrogens is 214 g/mol. The van der Waals surface area contributed by atoms with Crippen molar-refractivity contribution < 1.29 is 9.59 Å². The van der Waals surface area contributed by atoms with E-state index in [2.05, 4.69) is 5.32 Å². The minimum Gasteiger partial charge on any atom is -0.355 e. The summed E-state index contributed by atoms with van der Waals surface area (Å²) in [5.74, 6) is 0.127. The third-order valence-electron chi connectivity index (χ3n) is 2.59. The van der Waals surface area contributed by atoms with Gasteiger partial charge < -0.3 is 5.32 Å². The lowest BCUT2D eigenvalue weighted by Gasteiger charge is -2.10. The molecule has 1 aliphatic rings. The van der Waals surface area contributed by atoms with Crippen LogP contribution in [-0.2, 0) is 4.79 Å². The number of carbonyl (C=O) groups is 2. The van der Waals surface area contributed by atoms with Crippen LogP contribution in [0.2, 0.25) is 5.02 Å². The molecule has 1 atom stereocenters. The third kappa shape index (κ3) is 2.02. The van der Waals surface area contributed by atoms with Gasteiger partial charge in [-0.2, -0.15) is 0 Å². The summed E-state index contributed by atoms with van der Waals surface area (Å²) in [6, 6.07) is 5.19. The second-order valence-electron chi connectivity index (χ2n) is 3.60. The van der Waals surface area contributed by atoms with Crippen LogP contribution >= 0.6 is 11.6 Å². The highest BCUT2D eigenvalue weighted by atomic mass is 35.5. The van der Waals surface area contributed by atoms with Crippen molar-refractivity contribution in [3.05, 3.63) is 34.3 Å². The average molecular weight is 224 g/mol. The maximum absolute atomic E-state index is 11.1. The summed E-state index contributed by atoms with van der Waals surface area (Å²) in [5.41, 5.74) is 1.47. The quantitative estimate of drug-likeness (QED) is 0.777. The molecule has 0 unspecified atom stereocenters. The van der Waals surface area contributed by atoms with Crippen LogP contribution in [0, 0.1) is 0 Å². The van der Waals surface area contributed by atoms with Crippen molar-refractivity contribution in [1.82, 2.24) is 5.32 Å². The molecular formula is C11H10ClNO2. The van der Waals surface area contributed by atoms with Gasteiger partial charge in [0.2, 0.25) is 5.91 Å². The summed E-state index contributed by atoms with van der Waals surface area (Å²) in [4.78, 5) is 21.9. The molecule has 15 heavy (non-hydrogen) atoms. The predicted molar refractivity (Wildman–Crippen MR) is 57.2 cm³/mol. The Bertz CT molecular complexity index is 417. The summed E-state index contributed by atoms with van der Waals surface area (Å²) >= 11 is 5.79. The lowest BCUT2D eigenvalue weighted by molar-refractivity contribution is -0.119. The molecule has 0 bridgehead atoms. The van der Waals surface area contributed by atoms with Crippen LogP contribution < -0.4 is 5.32 Å². The first-order valence-corrected chi connectivity index (χ1v) is 5.10. The largest absolute Gasteiger partial charge is 0.355 e. The number of nitrogens with one attached hydrogen (secondary N) is 1. The molecule has 1 N–H and O–H groups in total. The molecule has 1 saturated heterocycles. The highest BCUT2D eigenvalue weighted by molar-refractivity contribution is 6.30. The first-order chi connectivity index (χ1) is 7.20. The number of carbonyl (C=O) groups excluding carboxylic acids is 2. The van der Waals surface area contributed by atoms with Gasteiger partial charge in [-0.1, -0.05) is 17.7 Å². The van der Waals surface area contributed by atoms with Gasteiger partial charge in [-0.05, 0) is 17.7 Å². The van der Waals surface area contributed by atoms with Gasteiger partial charge in [0.25, 0.3) is 0 Å². The molecule has 0 aliphatic carbocycles. The van der Waals surface area contributed by atoms with Crippen molar-refractivity contribution in [3.63, 3.8) is 0 Å². The first-order valence-electron chi connectivity index (χ1n) is 4.72. The number of amides is 1. The molecule has 0 radical (unpaired) electrons. The second-order valence-corrected chi connectivity index (χ2v) is 4.03. The van der Waals surface area contributed by atoms with Gasteiger partial charge in [0.1, 0.15) is 6.29 Å². The molecule has 1 aromatic carbocycles.